The van der Waals surface area contributed by atoms with Gasteiger partial charge >= 0.3 is 5.97 Å². The van der Waals surface area contributed by atoms with Gasteiger partial charge in [0.1, 0.15) is 6.61 Å². The fraction of sp³-hybridized carbons (Fsp3) is 0.929. The molecule has 1 fully saturated rings. The summed E-state index contributed by atoms with van der Waals surface area (Å²) in [5.74, 6) is 1.21. The van der Waals surface area contributed by atoms with E-state index in [4.69, 9.17) is 9.47 Å². The third-order valence-corrected chi connectivity index (χ3v) is 6.02. The predicted octanol–water partition coefficient (Wildman–Crippen LogP) is 4.06. The van der Waals surface area contributed by atoms with Crippen molar-refractivity contribution in [1.29, 1.82) is 0 Å². The second kappa shape index (κ2) is 11.9. The number of hydrogen-bond donors (Lipinski definition) is 0. The molecule has 0 amide bonds. The Morgan fingerprint density at radius 1 is 1.21 bits per heavy atom. The summed E-state index contributed by atoms with van der Waals surface area (Å²) in [5.41, 5.74) is 0. The first-order valence-corrected chi connectivity index (χ1v) is 9.72. The zero-order chi connectivity index (χ0) is 13.8. The van der Waals surface area contributed by atoms with Crippen LogP contribution in [0.4, 0.5) is 0 Å². The number of carbonyl (C=O) groups is 1. The Hall–Kier alpha value is 0.130. The molecule has 112 valence electrons. The summed E-state index contributed by atoms with van der Waals surface area (Å²) >= 11 is 0. The quantitative estimate of drug-likeness (QED) is 0.327. The number of carbonyl (C=O) groups excluding carboxylic acids is 1. The zero-order valence-corrected chi connectivity index (χ0v) is 13.5. The van der Waals surface area contributed by atoms with Crippen molar-refractivity contribution in [3.63, 3.8) is 0 Å². The Kier molecular flexibility index (Phi) is 10.8. The topological polar surface area (TPSA) is 35.5 Å². The largest absolute Gasteiger partial charge is 0.463 e. The van der Waals surface area contributed by atoms with Crippen molar-refractivity contribution < 1.29 is 14.3 Å². The van der Waals surface area contributed by atoms with Crippen LogP contribution in [0.2, 0.25) is 0 Å². The lowest BCUT2D eigenvalue weighted by molar-refractivity contribution is -0.145. The van der Waals surface area contributed by atoms with Gasteiger partial charge in [-0.25, -0.2) is 0 Å². The highest BCUT2D eigenvalue weighted by Crippen LogP contribution is 2.39. The molecular weight excluding hydrogens is 280 g/mol. The van der Waals surface area contributed by atoms with Gasteiger partial charge in [0.25, 0.3) is 0 Å². The predicted molar refractivity (Wildman–Crippen MR) is 83.6 cm³/mol. The summed E-state index contributed by atoms with van der Waals surface area (Å²) in [7, 11) is 3.99. The van der Waals surface area contributed by atoms with Gasteiger partial charge in [-0.2, -0.15) is 0 Å². The SMILES string of the molecule is CCCCOCCOC(=O)CCCCC1CCSS1. The van der Waals surface area contributed by atoms with E-state index in [1.165, 1.54) is 18.6 Å². The highest BCUT2D eigenvalue weighted by atomic mass is 33.1. The number of ether oxygens (including phenoxy) is 2. The van der Waals surface area contributed by atoms with E-state index >= 15 is 0 Å². The number of unbranched alkanes of at least 4 members (excludes halogenated alkanes) is 2. The first-order chi connectivity index (χ1) is 9.33. The van der Waals surface area contributed by atoms with Crippen molar-refractivity contribution in [2.45, 2.75) is 57.1 Å². The summed E-state index contributed by atoms with van der Waals surface area (Å²) in [5, 5.41) is 0.813. The van der Waals surface area contributed by atoms with Crippen molar-refractivity contribution in [3.8, 4) is 0 Å². The van der Waals surface area contributed by atoms with Crippen LogP contribution in [0.25, 0.3) is 0 Å². The fourth-order valence-corrected chi connectivity index (χ4v) is 4.87. The summed E-state index contributed by atoms with van der Waals surface area (Å²) in [6, 6.07) is 0. The van der Waals surface area contributed by atoms with Crippen molar-refractivity contribution in [3.05, 3.63) is 0 Å². The van der Waals surface area contributed by atoms with E-state index in [0.717, 1.165) is 37.5 Å². The van der Waals surface area contributed by atoms with Crippen LogP contribution in [-0.4, -0.2) is 36.8 Å². The smallest absolute Gasteiger partial charge is 0.305 e. The van der Waals surface area contributed by atoms with Crippen molar-refractivity contribution in [2.75, 3.05) is 25.6 Å². The normalized spacial score (nSPS) is 18.7. The molecule has 0 aliphatic carbocycles. The van der Waals surface area contributed by atoms with Crippen LogP contribution < -0.4 is 0 Å². The van der Waals surface area contributed by atoms with Crippen molar-refractivity contribution in [1.82, 2.24) is 0 Å². The first-order valence-electron chi connectivity index (χ1n) is 7.34. The van der Waals surface area contributed by atoms with E-state index in [1.807, 2.05) is 21.6 Å². The number of hydrogen-bond acceptors (Lipinski definition) is 5. The Morgan fingerprint density at radius 3 is 2.84 bits per heavy atom. The molecule has 0 spiro atoms. The summed E-state index contributed by atoms with van der Waals surface area (Å²) < 4.78 is 10.5. The van der Waals surface area contributed by atoms with Crippen molar-refractivity contribution in [2.24, 2.45) is 0 Å². The van der Waals surface area contributed by atoms with Gasteiger partial charge in [0.2, 0.25) is 0 Å². The van der Waals surface area contributed by atoms with Gasteiger partial charge in [0.05, 0.1) is 6.61 Å². The van der Waals surface area contributed by atoms with Gasteiger partial charge < -0.3 is 9.47 Å². The Balaban J connectivity index is 1.82. The van der Waals surface area contributed by atoms with E-state index in [-0.39, 0.29) is 5.97 Å². The van der Waals surface area contributed by atoms with Crippen molar-refractivity contribution >= 4 is 27.6 Å². The van der Waals surface area contributed by atoms with Gasteiger partial charge in [-0.1, -0.05) is 41.4 Å². The fourth-order valence-electron chi connectivity index (χ4n) is 1.84. The minimum Gasteiger partial charge on any atom is -0.463 e. The molecule has 1 heterocycles. The average Bonchev–Trinajstić information content (AvgIpc) is 2.92. The Labute approximate surface area is 125 Å². The molecule has 0 saturated carbocycles. The Morgan fingerprint density at radius 2 is 2.11 bits per heavy atom. The molecule has 0 aromatic carbocycles. The number of esters is 1. The number of rotatable bonds is 11. The highest BCUT2D eigenvalue weighted by Gasteiger charge is 2.15. The monoisotopic (exact) mass is 306 g/mol. The molecule has 1 saturated heterocycles. The molecule has 1 aliphatic rings. The maximum Gasteiger partial charge on any atom is 0.305 e. The summed E-state index contributed by atoms with van der Waals surface area (Å²) in [6.45, 7) is 3.83. The van der Waals surface area contributed by atoms with Crippen LogP contribution in [0.1, 0.15) is 51.9 Å². The Bertz CT molecular complexity index is 231. The van der Waals surface area contributed by atoms with Gasteiger partial charge in [-0.3, -0.25) is 4.79 Å². The minimum absolute atomic E-state index is 0.0764. The zero-order valence-electron chi connectivity index (χ0n) is 11.9. The second-order valence-corrected chi connectivity index (χ2v) is 7.55. The maximum atomic E-state index is 11.4. The van der Waals surface area contributed by atoms with Crippen LogP contribution in [0, 0.1) is 0 Å². The van der Waals surface area contributed by atoms with Crippen LogP contribution in [-0.2, 0) is 14.3 Å². The molecule has 3 nitrogen and oxygen atoms in total. The van der Waals surface area contributed by atoms with Gasteiger partial charge in [0, 0.05) is 24.0 Å². The van der Waals surface area contributed by atoms with Gasteiger partial charge in [-0.05, 0) is 25.7 Å². The van der Waals surface area contributed by atoms with E-state index in [0.29, 0.717) is 19.6 Å². The molecule has 5 heteroatoms. The molecule has 1 atom stereocenters. The van der Waals surface area contributed by atoms with E-state index in [2.05, 4.69) is 6.92 Å². The molecule has 0 N–H and O–H groups in total. The molecular formula is C14H26O3S2. The molecule has 19 heavy (non-hydrogen) atoms. The van der Waals surface area contributed by atoms with Crippen LogP contribution >= 0.6 is 21.6 Å². The third-order valence-electron chi connectivity index (χ3n) is 3.02. The second-order valence-electron chi connectivity index (χ2n) is 4.76. The summed E-state index contributed by atoms with van der Waals surface area (Å²) in [4.78, 5) is 11.4. The lowest BCUT2D eigenvalue weighted by Gasteiger charge is -2.07. The first kappa shape index (κ1) is 17.2. The summed E-state index contributed by atoms with van der Waals surface area (Å²) in [6.07, 6.45) is 7.43. The minimum atomic E-state index is -0.0764. The van der Waals surface area contributed by atoms with E-state index < -0.39 is 0 Å². The highest BCUT2D eigenvalue weighted by molar-refractivity contribution is 8.77. The molecule has 0 bridgehead atoms. The van der Waals surface area contributed by atoms with Crippen LogP contribution in [0.15, 0.2) is 0 Å². The lowest BCUT2D eigenvalue weighted by atomic mass is 10.1. The molecule has 0 aromatic rings. The molecule has 1 aliphatic heterocycles. The molecule has 0 aromatic heterocycles. The van der Waals surface area contributed by atoms with Gasteiger partial charge in [-0.15, -0.1) is 0 Å². The third kappa shape index (κ3) is 9.63. The van der Waals surface area contributed by atoms with Gasteiger partial charge in [0.15, 0.2) is 0 Å². The molecule has 1 unspecified atom stereocenters. The molecule has 0 radical (unpaired) electrons. The van der Waals surface area contributed by atoms with Crippen LogP contribution in [0.5, 0.6) is 0 Å². The standard InChI is InChI=1S/C14H26O3S2/c1-2-3-9-16-10-11-17-14(15)7-5-4-6-13-8-12-18-19-13/h13H,2-12H2,1H3. The molecule has 1 rings (SSSR count). The van der Waals surface area contributed by atoms with E-state index in [9.17, 15) is 4.79 Å². The van der Waals surface area contributed by atoms with E-state index in [1.54, 1.807) is 0 Å². The van der Waals surface area contributed by atoms with Crippen LogP contribution in [0.3, 0.4) is 0 Å². The lowest BCUT2D eigenvalue weighted by Crippen LogP contribution is -2.11. The average molecular weight is 306 g/mol. The maximum absolute atomic E-state index is 11.4.